The van der Waals surface area contributed by atoms with Crippen LogP contribution in [0.4, 0.5) is 0 Å². The molecule has 0 radical (unpaired) electrons. The quantitative estimate of drug-likeness (QED) is 0.797. The summed E-state index contributed by atoms with van der Waals surface area (Å²) in [6, 6.07) is 3.54. The van der Waals surface area contributed by atoms with Gasteiger partial charge in [-0.2, -0.15) is 0 Å². The highest BCUT2D eigenvalue weighted by atomic mass is 32.2. The van der Waals surface area contributed by atoms with Gasteiger partial charge in [0.15, 0.2) is 0 Å². The van der Waals surface area contributed by atoms with Gasteiger partial charge in [0, 0.05) is 0 Å². The summed E-state index contributed by atoms with van der Waals surface area (Å²) < 4.78 is 29.2. The Kier molecular flexibility index (Phi) is 4.74. The highest BCUT2D eigenvalue weighted by Gasteiger charge is 2.24. The monoisotopic (exact) mass is 303 g/mol. The number of methoxy groups -OCH3 is 1. The zero-order chi connectivity index (χ0) is 15.6. The average Bonchev–Trinajstić information content (AvgIpc) is 2.35. The fourth-order valence-electron chi connectivity index (χ4n) is 1.24. The van der Waals surface area contributed by atoms with E-state index in [0.29, 0.717) is 0 Å². The minimum atomic E-state index is -4.05. The summed E-state index contributed by atoms with van der Waals surface area (Å²) in [6.07, 6.45) is 0. The smallest absolute Gasteiger partial charge is 0.335 e. The van der Waals surface area contributed by atoms with E-state index in [1.54, 1.807) is 20.8 Å². The molecule has 0 amide bonds. The van der Waals surface area contributed by atoms with Crippen molar-refractivity contribution in [2.24, 2.45) is 0 Å². The highest BCUT2D eigenvalue weighted by Crippen LogP contribution is 2.25. The number of hydrogen-bond acceptors (Lipinski definition) is 5. The summed E-state index contributed by atoms with van der Waals surface area (Å²) in [6.45, 7) is 5.00. The van der Waals surface area contributed by atoms with E-state index in [1.165, 1.54) is 19.2 Å². The molecule has 0 aromatic heterocycles. The number of ether oxygens (including phenoxy) is 1. The Morgan fingerprint density at radius 3 is 2.35 bits per heavy atom. The van der Waals surface area contributed by atoms with Crippen LogP contribution in [0.25, 0.3) is 0 Å². The number of carboxylic acid groups (broad SMARTS) is 1. The van der Waals surface area contributed by atoms with Crippen LogP contribution in [-0.4, -0.2) is 32.2 Å². The first-order valence-electron chi connectivity index (χ1n) is 5.68. The fraction of sp³-hybridized carbons (Fsp3) is 0.417. The SMILES string of the molecule is COc1ccc(C(=O)O)cc1S(=O)(=O)NOC(C)(C)C. The molecule has 0 bridgehead atoms. The van der Waals surface area contributed by atoms with Gasteiger partial charge in [-0.25, -0.2) is 13.2 Å². The van der Waals surface area contributed by atoms with E-state index in [9.17, 15) is 13.2 Å². The molecule has 0 spiro atoms. The van der Waals surface area contributed by atoms with Crippen molar-refractivity contribution in [1.82, 2.24) is 4.89 Å². The summed E-state index contributed by atoms with van der Waals surface area (Å²) in [5.74, 6) is -1.21. The lowest BCUT2D eigenvalue weighted by Crippen LogP contribution is -2.33. The van der Waals surface area contributed by atoms with Gasteiger partial charge in [-0.05, 0) is 39.0 Å². The second kappa shape index (κ2) is 5.78. The first-order chi connectivity index (χ1) is 9.07. The Morgan fingerprint density at radius 1 is 1.30 bits per heavy atom. The normalized spacial score (nSPS) is 12.2. The molecule has 0 aliphatic carbocycles. The molecule has 1 rings (SSSR count). The van der Waals surface area contributed by atoms with Gasteiger partial charge in [0.25, 0.3) is 10.0 Å². The van der Waals surface area contributed by atoms with E-state index < -0.39 is 21.6 Å². The third kappa shape index (κ3) is 4.19. The standard InChI is InChI=1S/C12H17NO6S/c1-12(2,3)19-13-20(16,17)10-7-8(11(14)15)5-6-9(10)18-4/h5-7,13H,1-4H3,(H,14,15). The van der Waals surface area contributed by atoms with Crippen LogP contribution in [0.15, 0.2) is 23.1 Å². The van der Waals surface area contributed by atoms with Crippen LogP contribution in [0, 0.1) is 0 Å². The van der Waals surface area contributed by atoms with Crippen LogP contribution in [0.2, 0.25) is 0 Å². The number of aromatic carboxylic acids is 1. The average molecular weight is 303 g/mol. The summed E-state index contributed by atoms with van der Waals surface area (Å²) in [5, 5.41) is 8.91. The lowest BCUT2D eigenvalue weighted by Gasteiger charge is -2.19. The van der Waals surface area contributed by atoms with Crippen LogP contribution in [0.5, 0.6) is 5.75 Å². The predicted molar refractivity (Wildman–Crippen MR) is 71.1 cm³/mol. The topological polar surface area (TPSA) is 102 Å². The molecular formula is C12H17NO6S. The van der Waals surface area contributed by atoms with Gasteiger partial charge in [0.1, 0.15) is 10.6 Å². The Labute approximate surface area is 117 Å². The van der Waals surface area contributed by atoms with Gasteiger partial charge in [-0.15, -0.1) is 0 Å². The Balaban J connectivity index is 3.21. The third-order valence-corrected chi connectivity index (χ3v) is 3.36. The Morgan fingerprint density at radius 2 is 1.90 bits per heavy atom. The summed E-state index contributed by atoms with van der Waals surface area (Å²) in [5.41, 5.74) is -0.896. The number of benzene rings is 1. The molecule has 0 atom stereocenters. The van der Waals surface area contributed by atoms with E-state index in [4.69, 9.17) is 14.7 Å². The minimum Gasteiger partial charge on any atom is -0.495 e. The molecule has 0 saturated heterocycles. The zero-order valence-electron chi connectivity index (χ0n) is 11.6. The van der Waals surface area contributed by atoms with E-state index in [1.807, 2.05) is 4.89 Å². The molecule has 112 valence electrons. The number of sulfonamides is 1. The second-order valence-electron chi connectivity index (χ2n) is 4.97. The van der Waals surface area contributed by atoms with Crippen LogP contribution in [0.3, 0.4) is 0 Å². The van der Waals surface area contributed by atoms with Crippen molar-refractivity contribution in [1.29, 1.82) is 0 Å². The largest absolute Gasteiger partial charge is 0.495 e. The Hall–Kier alpha value is -1.64. The molecular weight excluding hydrogens is 286 g/mol. The van der Waals surface area contributed by atoms with Crippen LogP contribution in [0.1, 0.15) is 31.1 Å². The number of carbonyl (C=O) groups is 1. The maximum atomic E-state index is 12.1. The number of rotatable bonds is 5. The van der Waals surface area contributed by atoms with Crippen molar-refractivity contribution < 1.29 is 27.9 Å². The summed E-state index contributed by atoms with van der Waals surface area (Å²) in [7, 11) is -2.76. The van der Waals surface area contributed by atoms with Crippen LogP contribution in [-0.2, 0) is 14.9 Å². The van der Waals surface area contributed by atoms with Gasteiger partial charge in [0.05, 0.1) is 18.3 Å². The van der Waals surface area contributed by atoms with Crippen molar-refractivity contribution in [2.75, 3.05) is 7.11 Å². The molecule has 1 aromatic carbocycles. The van der Waals surface area contributed by atoms with Crippen LogP contribution >= 0.6 is 0 Å². The van der Waals surface area contributed by atoms with Crippen molar-refractivity contribution in [3.8, 4) is 5.75 Å². The van der Waals surface area contributed by atoms with Gasteiger partial charge in [-0.1, -0.05) is 4.89 Å². The van der Waals surface area contributed by atoms with E-state index in [0.717, 1.165) is 6.07 Å². The minimum absolute atomic E-state index is 0.0278. The maximum absolute atomic E-state index is 12.1. The third-order valence-electron chi connectivity index (χ3n) is 2.16. The van der Waals surface area contributed by atoms with Crippen molar-refractivity contribution >= 4 is 16.0 Å². The molecule has 0 fully saturated rings. The zero-order valence-corrected chi connectivity index (χ0v) is 12.4. The molecule has 0 heterocycles. The predicted octanol–water partition coefficient (Wildman–Crippen LogP) is 1.40. The molecule has 0 aliphatic heterocycles. The van der Waals surface area contributed by atoms with Gasteiger partial charge in [-0.3, -0.25) is 4.84 Å². The number of carboxylic acids is 1. The molecule has 0 saturated carbocycles. The molecule has 8 heteroatoms. The molecule has 1 aromatic rings. The van der Waals surface area contributed by atoms with E-state index >= 15 is 0 Å². The Bertz CT molecular complexity index is 603. The van der Waals surface area contributed by atoms with E-state index in [2.05, 4.69) is 0 Å². The van der Waals surface area contributed by atoms with Crippen molar-refractivity contribution in [3.63, 3.8) is 0 Å². The highest BCUT2D eigenvalue weighted by molar-refractivity contribution is 7.89. The second-order valence-corrected chi connectivity index (χ2v) is 6.59. The molecule has 20 heavy (non-hydrogen) atoms. The van der Waals surface area contributed by atoms with Gasteiger partial charge >= 0.3 is 5.97 Å². The van der Waals surface area contributed by atoms with Crippen LogP contribution < -0.4 is 9.62 Å². The molecule has 0 aliphatic rings. The maximum Gasteiger partial charge on any atom is 0.335 e. The lowest BCUT2D eigenvalue weighted by molar-refractivity contribution is -0.0358. The molecule has 7 nitrogen and oxygen atoms in total. The summed E-state index contributed by atoms with van der Waals surface area (Å²) in [4.78, 5) is 17.6. The van der Waals surface area contributed by atoms with Crippen molar-refractivity contribution in [3.05, 3.63) is 23.8 Å². The summed E-state index contributed by atoms with van der Waals surface area (Å²) >= 11 is 0. The molecule has 2 N–H and O–H groups in total. The molecule has 0 unspecified atom stereocenters. The van der Waals surface area contributed by atoms with Gasteiger partial charge < -0.3 is 9.84 Å². The fourth-order valence-corrected chi connectivity index (χ4v) is 2.39. The first-order valence-corrected chi connectivity index (χ1v) is 7.16. The number of nitrogens with one attached hydrogen (secondary N) is 1. The number of hydrogen-bond donors (Lipinski definition) is 2. The lowest BCUT2D eigenvalue weighted by atomic mass is 10.2. The van der Waals surface area contributed by atoms with Crippen molar-refractivity contribution in [2.45, 2.75) is 31.3 Å². The first kappa shape index (κ1) is 16.4. The van der Waals surface area contributed by atoms with Gasteiger partial charge in [0.2, 0.25) is 0 Å². The van der Waals surface area contributed by atoms with E-state index in [-0.39, 0.29) is 16.2 Å².